The van der Waals surface area contributed by atoms with E-state index in [1.807, 2.05) is 6.07 Å². The van der Waals surface area contributed by atoms with Crippen molar-refractivity contribution < 1.29 is 9.66 Å². The number of methoxy groups -OCH3 is 1. The first kappa shape index (κ1) is 15.3. The van der Waals surface area contributed by atoms with E-state index in [0.717, 1.165) is 29.7 Å². The highest BCUT2D eigenvalue weighted by atomic mass is 79.9. The van der Waals surface area contributed by atoms with Crippen molar-refractivity contribution in [2.45, 2.75) is 26.2 Å². The van der Waals surface area contributed by atoms with Crippen LogP contribution < -0.4 is 5.32 Å². The van der Waals surface area contributed by atoms with Crippen LogP contribution in [-0.2, 0) is 4.74 Å². The molecule has 110 valence electrons. The Kier molecular flexibility index (Phi) is 4.65. The van der Waals surface area contributed by atoms with Gasteiger partial charge < -0.3 is 10.1 Å². The highest BCUT2D eigenvalue weighted by Gasteiger charge is 2.41. The maximum absolute atomic E-state index is 10.9. The van der Waals surface area contributed by atoms with Crippen LogP contribution in [0.5, 0.6) is 0 Å². The van der Waals surface area contributed by atoms with Crippen molar-refractivity contribution in [2.75, 3.05) is 25.6 Å². The molecule has 0 aromatic heterocycles. The van der Waals surface area contributed by atoms with Gasteiger partial charge in [0.15, 0.2) is 0 Å². The van der Waals surface area contributed by atoms with Crippen LogP contribution >= 0.6 is 15.9 Å². The van der Waals surface area contributed by atoms with Gasteiger partial charge in [0.25, 0.3) is 5.69 Å². The van der Waals surface area contributed by atoms with Gasteiger partial charge in [-0.05, 0) is 53.6 Å². The second kappa shape index (κ2) is 6.10. The Hall–Kier alpha value is -1.14. The van der Waals surface area contributed by atoms with E-state index >= 15 is 0 Å². The summed E-state index contributed by atoms with van der Waals surface area (Å²) in [6, 6.07) is 3.39. The molecule has 1 aliphatic rings. The lowest BCUT2D eigenvalue weighted by Crippen LogP contribution is -2.17. The van der Waals surface area contributed by atoms with Crippen LogP contribution in [0.4, 0.5) is 11.4 Å². The zero-order valence-electron chi connectivity index (χ0n) is 11.7. The van der Waals surface area contributed by atoms with Gasteiger partial charge in [0, 0.05) is 42.1 Å². The molecule has 1 aliphatic carbocycles. The van der Waals surface area contributed by atoms with E-state index in [1.54, 1.807) is 20.1 Å². The summed E-state index contributed by atoms with van der Waals surface area (Å²) in [5, 5.41) is 14.3. The Morgan fingerprint density at radius 2 is 2.20 bits per heavy atom. The number of nitrogens with one attached hydrogen (secondary N) is 1. The van der Waals surface area contributed by atoms with Gasteiger partial charge in [-0.25, -0.2) is 0 Å². The van der Waals surface area contributed by atoms with Crippen molar-refractivity contribution in [1.29, 1.82) is 0 Å². The molecule has 0 heterocycles. The predicted octanol–water partition coefficient (Wildman–Crippen LogP) is 3.89. The van der Waals surface area contributed by atoms with E-state index in [1.165, 1.54) is 12.8 Å². The van der Waals surface area contributed by atoms with E-state index in [-0.39, 0.29) is 10.6 Å². The minimum Gasteiger partial charge on any atom is -0.385 e. The summed E-state index contributed by atoms with van der Waals surface area (Å²) in [6.07, 6.45) is 3.49. The Morgan fingerprint density at radius 1 is 1.50 bits per heavy atom. The average molecular weight is 343 g/mol. The smallest absolute Gasteiger partial charge is 0.273 e. The maximum atomic E-state index is 10.9. The molecule has 5 nitrogen and oxygen atoms in total. The van der Waals surface area contributed by atoms with E-state index in [9.17, 15) is 10.1 Å². The van der Waals surface area contributed by atoms with Crippen molar-refractivity contribution in [3.8, 4) is 0 Å². The number of aryl methyl sites for hydroxylation is 1. The minimum absolute atomic E-state index is 0.142. The van der Waals surface area contributed by atoms with Gasteiger partial charge >= 0.3 is 0 Å². The number of nitrogens with zero attached hydrogens (tertiary/aromatic N) is 1. The van der Waals surface area contributed by atoms with Crippen LogP contribution in [0, 0.1) is 22.5 Å². The summed E-state index contributed by atoms with van der Waals surface area (Å²) >= 11 is 3.40. The quantitative estimate of drug-likeness (QED) is 0.602. The van der Waals surface area contributed by atoms with Crippen molar-refractivity contribution in [2.24, 2.45) is 5.41 Å². The van der Waals surface area contributed by atoms with Gasteiger partial charge in [0.05, 0.1) is 4.92 Å². The fourth-order valence-electron chi connectivity index (χ4n) is 2.30. The van der Waals surface area contributed by atoms with Crippen molar-refractivity contribution in [3.05, 3.63) is 32.3 Å². The van der Waals surface area contributed by atoms with Crippen LogP contribution in [0.2, 0.25) is 0 Å². The Bertz CT molecular complexity index is 515. The molecule has 0 aliphatic heterocycles. The van der Waals surface area contributed by atoms with Gasteiger partial charge in [-0.3, -0.25) is 10.1 Å². The van der Waals surface area contributed by atoms with Gasteiger partial charge in [-0.15, -0.1) is 0 Å². The molecule has 0 unspecified atom stereocenters. The topological polar surface area (TPSA) is 64.4 Å². The molecule has 20 heavy (non-hydrogen) atoms. The van der Waals surface area contributed by atoms with Crippen LogP contribution in [-0.4, -0.2) is 25.2 Å². The van der Waals surface area contributed by atoms with E-state index < -0.39 is 0 Å². The molecule has 0 radical (unpaired) electrons. The Morgan fingerprint density at radius 3 is 2.75 bits per heavy atom. The van der Waals surface area contributed by atoms with Crippen molar-refractivity contribution >= 4 is 27.3 Å². The summed E-state index contributed by atoms with van der Waals surface area (Å²) in [5.41, 5.74) is 2.06. The van der Waals surface area contributed by atoms with E-state index in [4.69, 9.17) is 4.74 Å². The van der Waals surface area contributed by atoms with Crippen LogP contribution in [0.25, 0.3) is 0 Å². The lowest BCUT2D eigenvalue weighted by Gasteiger charge is -2.17. The maximum Gasteiger partial charge on any atom is 0.273 e. The molecule has 1 aromatic rings. The molecule has 1 saturated carbocycles. The first-order chi connectivity index (χ1) is 9.47. The number of nitro groups is 1. The van der Waals surface area contributed by atoms with Gasteiger partial charge in [0.2, 0.25) is 0 Å². The number of hydrogen-bond acceptors (Lipinski definition) is 4. The molecule has 2 rings (SSSR count). The number of anilines is 1. The summed E-state index contributed by atoms with van der Waals surface area (Å²) in [5.74, 6) is 0. The third-order valence-corrected chi connectivity index (χ3v) is 4.59. The molecule has 1 fully saturated rings. The van der Waals surface area contributed by atoms with Gasteiger partial charge in [0.1, 0.15) is 0 Å². The number of hydrogen-bond donors (Lipinski definition) is 1. The fraction of sp³-hybridized carbons (Fsp3) is 0.571. The minimum atomic E-state index is -0.356. The second-order valence-corrected chi connectivity index (χ2v) is 6.33. The highest BCUT2D eigenvalue weighted by molar-refractivity contribution is 9.10. The molecule has 1 aromatic carbocycles. The molecule has 0 bridgehead atoms. The largest absolute Gasteiger partial charge is 0.385 e. The normalized spacial score (nSPS) is 15.9. The number of halogens is 1. The molecule has 1 N–H and O–H groups in total. The van der Waals surface area contributed by atoms with Crippen molar-refractivity contribution in [3.63, 3.8) is 0 Å². The summed E-state index contributed by atoms with van der Waals surface area (Å²) in [6.45, 7) is 3.42. The molecule has 0 amide bonds. The SMILES string of the molecule is COCCC1(CNc2cc(C)c([N+](=O)[O-])cc2Br)CC1. The number of rotatable bonds is 7. The van der Waals surface area contributed by atoms with Gasteiger partial charge in [-0.1, -0.05) is 0 Å². The fourth-order valence-corrected chi connectivity index (χ4v) is 2.77. The summed E-state index contributed by atoms with van der Waals surface area (Å²) in [7, 11) is 1.72. The first-order valence-corrected chi connectivity index (χ1v) is 7.44. The first-order valence-electron chi connectivity index (χ1n) is 6.65. The average Bonchev–Trinajstić information content (AvgIpc) is 3.17. The molecular formula is C14H19BrN2O3. The standard InChI is InChI=1S/C14H19BrN2O3/c1-10-7-12(11(15)8-13(10)17(18)19)16-9-14(3-4-14)5-6-20-2/h7-8,16H,3-6,9H2,1-2H3. The predicted molar refractivity (Wildman–Crippen MR) is 82.2 cm³/mol. The molecule has 0 spiro atoms. The molecule has 0 saturated heterocycles. The van der Waals surface area contributed by atoms with Crippen LogP contribution in [0.1, 0.15) is 24.8 Å². The highest BCUT2D eigenvalue weighted by Crippen LogP contribution is 2.49. The lowest BCUT2D eigenvalue weighted by molar-refractivity contribution is -0.385. The summed E-state index contributed by atoms with van der Waals surface area (Å²) < 4.78 is 5.88. The zero-order valence-corrected chi connectivity index (χ0v) is 13.3. The second-order valence-electron chi connectivity index (χ2n) is 5.47. The Balaban J connectivity index is 2.03. The third kappa shape index (κ3) is 3.49. The third-order valence-electron chi connectivity index (χ3n) is 3.93. The van der Waals surface area contributed by atoms with Gasteiger partial charge in [-0.2, -0.15) is 0 Å². The van der Waals surface area contributed by atoms with E-state index in [0.29, 0.717) is 11.0 Å². The van der Waals surface area contributed by atoms with Crippen molar-refractivity contribution in [1.82, 2.24) is 0 Å². The van der Waals surface area contributed by atoms with Crippen LogP contribution in [0.15, 0.2) is 16.6 Å². The van der Waals surface area contributed by atoms with E-state index in [2.05, 4.69) is 21.2 Å². The molecule has 0 atom stereocenters. The number of benzene rings is 1. The zero-order chi connectivity index (χ0) is 14.8. The Labute approximate surface area is 127 Å². The number of nitro benzene ring substituents is 1. The lowest BCUT2D eigenvalue weighted by atomic mass is 10.0. The molecule has 6 heteroatoms. The monoisotopic (exact) mass is 342 g/mol. The number of ether oxygens (including phenoxy) is 1. The molecular weight excluding hydrogens is 324 g/mol. The van der Waals surface area contributed by atoms with Crippen LogP contribution in [0.3, 0.4) is 0 Å². The summed E-state index contributed by atoms with van der Waals surface area (Å²) in [4.78, 5) is 10.5.